The van der Waals surface area contributed by atoms with Gasteiger partial charge in [-0.2, -0.15) is 0 Å². The largest absolute Gasteiger partial charge is 0.340 e. The Balaban J connectivity index is 1.27. The minimum Gasteiger partial charge on any atom is -0.340 e. The van der Waals surface area contributed by atoms with Crippen molar-refractivity contribution >= 4 is 33.4 Å². The number of nitrogens with zero attached hydrogens (tertiary/aromatic N) is 4. The number of piperazine rings is 1. The van der Waals surface area contributed by atoms with Crippen LogP contribution >= 0.6 is 15.9 Å². The molecule has 6 nitrogen and oxygen atoms in total. The summed E-state index contributed by atoms with van der Waals surface area (Å²) < 4.78 is 1.03. The maximum Gasteiger partial charge on any atom is 0.228 e. The van der Waals surface area contributed by atoms with Crippen molar-refractivity contribution in [2.24, 2.45) is 5.92 Å². The van der Waals surface area contributed by atoms with E-state index >= 15 is 0 Å². The van der Waals surface area contributed by atoms with Crippen LogP contribution in [0.5, 0.6) is 0 Å². The van der Waals surface area contributed by atoms with E-state index in [2.05, 4.69) is 25.7 Å². The number of amides is 2. The molecule has 1 atom stereocenters. The van der Waals surface area contributed by atoms with Crippen molar-refractivity contribution in [3.63, 3.8) is 0 Å². The lowest BCUT2D eigenvalue weighted by atomic mass is 10.1. The van der Waals surface area contributed by atoms with Crippen molar-refractivity contribution in [2.75, 3.05) is 63.8 Å². The van der Waals surface area contributed by atoms with Crippen molar-refractivity contribution in [1.29, 1.82) is 0 Å². The van der Waals surface area contributed by atoms with Gasteiger partial charge >= 0.3 is 0 Å². The van der Waals surface area contributed by atoms with E-state index in [0.29, 0.717) is 13.0 Å². The van der Waals surface area contributed by atoms with E-state index in [4.69, 9.17) is 0 Å². The van der Waals surface area contributed by atoms with E-state index in [1.165, 1.54) is 25.9 Å². The Kier molecular flexibility index (Phi) is 6.56. The minimum absolute atomic E-state index is 0.0503. The van der Waals surface area contributed by atoms with E-state index in [9.17, 15) is 9.59 Å². The molecule has 0 N–H and O–H groups in total. The maximum absolute atomic E-state index is 13.0. The summed E-state index contributed by atoms with van der Waals surface area (Å²) in [6.45, 7) is 10.7. The van der Waals surface area contributed by atoms with E-state index < -0.39 is 0 Å². The molecule has 0 spiro atoms. The third kappa shape index (κ3) is 4.84. The Morgan fingerprint density at radius 2 is 1.69 bits per heavy atom. The Morgan fingerprint density at radius 3 is 2.34 bits per heavy atom. The number of halogens is 1. The lowest BCUT2D eigenvalue weighted by Gasteiger charge is -2.36. The van der Waals surface area contributed by atoms with Crippen LogP contribution in [0.25, 0.3) is 0 Å². The van der Waals surface area contributed by atoms with Crippen molar-refractivity contribution in [3.8, 4) is 0 Å². The van der Waals surface area contributed by atoms with Gasteiger partial charge in [0.1, 0.15) is 0 Å². The summed E-state index contributed by atoms with van der Waals surface area (Å²) in [5.41, 5.74) is 1.98. The summed E-state index contributed by atoms with van der Waals surface area (Å²) in [7, 11) is 0. The van der Waals surface area contributed by atoms with E-state index in [1.807, 2.05) is 30.0 Å². The molecular formula is C22H31BrN4O2. The number of hydrogen-bond acceptors (Lipinski definition) is 4. The molecule has 0 saturated carbocycles. The predicted molar refractivity (Wildman–Crippen MR) is 118 cm³/mol. The van der Waals surface area contributed by atoms with Gasteiger partial charge in [0.05, 0.1) is 5.92 Å². The van der Waals surface area contributed by atoms with Crippen LogP contribution in [0, 0.1) is 12.8 Å². The van der Waals surface area contributed by atoms with Crippen LogP contribution in [0.2, 0.25) is 0 Å². The van der Waals surface area contributed by atoms with E-state index in [-0.39, 0.29) is 17.7 Å². The molecule has 3 aliphatic rings. The fraction of sp³-hybridized carbons (Fsp3) is 0.636. The summed E-state index contributed by atoms with van der Waals surface area (Å²) in [4.78, 5) is 34.4. The fourth-order valence-corrected chi connectivity index (χ4v) is 4.91. The van der Waals surface area contributed by atoms with Gasteiger partial charge in [-0.25, -0.2) is 0 Å². The van der Waals surface area contributed by atoms with Gasteiger partial charge < -0.3 is 14.7 Å². The number of carbonyl (C=O) groups is 2. The molecule has 3 aliphatic heterocycles. The molecule has 4 rings (SSSR count). The average molecular weight is 463 g/mol. The predicted octanol–water partition coefficient (Wildman–Crippen LogP) is 2.35. The van der Waals surface area contributed by atoms with Crippen LogP contribution in [0.15, 0.2) is 22.7 Å². The van der Waals surface area contributed by atoms with Gasteiger partial charge in [-0.3, -0.25) is 14.5 Å². The summed E-state index contributed by atoms with van der Waals surface area (Å²) in [5, 5.41) is 0. The zero-order valence-electron chi connectivity index (χ0n) is 17.3. The molecule has 0 aliphatic carbocycles. The second-order valence-corrected chi connectivity index (χ2v) is 9.41. The summed E-state index contributed by atoms with van der Waals surface area (Å²) in [5.74, 6) is -0.0224. The van der Waals surface area contributed by atoms with Crippen LogP contribution in [0.1, 0.15) is 24.8 Å². The van der Waals surface area contributed by atoms with Crippen LogP contribution in [0.4, 0.5) is 5.69 Å². The van der Waals surface area contributed by atoms with Crippen LogP contribution in [-0.2, 0) is 9.59 Å². The molecule has 3 saturated heterocycles. The zero-order chi connectivity index (χ0) is 20.4. The number of likely N-dealkylation sites (tertiary alicyclic amines) is 1. The Bertz CT molecular complexity index is 757. The first-order valence-corrected chi connectivity index (χ1v) is 11.6. The smallest absolute Gasteiger partial charge is 0.228 e. The van der Waals surface area contributed by atoms with Crippen LogP contribution in [0.3, 0.4) is 0 Å². The molecule has 1 unspecified atom stereocenters. The van der Waals surface area contributed by atoms with Gasteiger partial charge in [0.2, 0.25) is 11.8 Å². The highest BCUT2D eigenvalue weighted by atomic mass is 79.9. The van der Waals surface area contributed by atoms with Crippen LogP contribution in [-0.4, -0.2) is 85.4 Å². The molecule has 3 fully saturated rings. The van der Waals surface area contributed by atoms with E-state index in [1.54, 1.807) is 4.90 Å². The maximum atomic E-state index is 13.0. The summed E-state index contributed by atoms with van der Waals surface area (Å²) in [6, 6.07) is 5.92. The van der Waals surface area contributed by atoms with Crippen molar-refractivity contribution in [2.45, 2.75) is 26.2 Å². The average Bonchev–Trinajstić information content (AvgIpc) is 3.38. The van der Waals surface area contributed by atoms with Gasteiger partial charge in [-0.1, -0.05) is 15.9 Å². The molecule has 158 valence electrons. The van der Waals surface area contributed by atoms with Crippen molar-refractivity contribution in [3.05, 3.63) is 28.2 Å². The van der Waals surface area contributed by atoms with Crippen LogP contribution < -0.4 is 4.90 Å². The van der Waals surface area contributed by atoms with Gasteiger partial charge in [0.15, 0.2) is 0 Å². The molecule has 0 aromatic heterocycles. The number of aryl methyl sites for hydroxylation is 1. The molecule has 1 aromatic carbocycles. The number of hydrogen-bond donors (Lipinski definition) is 0. The van der Waals surface area contributed by atoms with Gasteiger partial charge in [0, 0.05) is 62.4 Å². The number of carbonyl (C=O) groups excluding carboxylic acids is 2. The summed E-state index contributed by atoms with van der Waals surface area (Å²) in [6.07, 6.45) is 2.99. The first-order chi connectivity index (χ1) is 14.0. The normalized spacial score (nSPS) is 23.9. The zero-order valence-corrected chi connectivity index (χ0v) is 18.9. The molecular weight excluding hydrogens is 432 g/mol. The highest BCUT2D eigenvalue weighted by molar-refractivity contribution is 9.10. The minimum atomic E-state index is -0.220. The first-order valence-electron chi connectivity index (χ1n) is 10.8. The summed E-state index contributed by atoms with van der Waals surface area (Å²) >= 11 is 3.50. The van der Waals surface area contributed by atoms with Gasteiger partial charge in [-0.05, 0) is 56.6 Å². The van der Waals surface area contributed by atoms with Gasteiger partial charge in [0.25, 0.3) is 0 Å². The Labute approximate surface area is 181 Å². The molecule has 1 aromatic rings. The van der Waals surface area contributed by atoms with Crippen molar-refractivity contribution < 1.29 is 9.59 Å². The topological polar surface area (TPSA) is 47.1 Å². The lowest BCUT2D eigenvalue weighted by molar-refractivity contribution is -0.137. The van der Waals surface area contributed by atoms with Crippen molar-refractivity contribution in [1.82, 2.24) is 14.7 Å². The lowest BCUT2D eigenvalue weighted by Crippen LogP contribution is -2.51. The Hall–Kier alpha value is -1.44. The highest BCUT2D eigenvalue weighted by Crippen LogP contribution is 2.29. The standard InChI is InChI=1S/C22H31BrN4O2/c1-17-14-19(4-5-20(17)23)27-16-18(15-21(27)28)22(29)26-12-10-25(11-13-26)9-8-24-6-2-3-7-24/h4-5,14,18H,2-3,6-13,15-16H2,1H3. The highest BCUT2D eigenvalue weighted by Gasteiger charge is 2.38. The molecule has 29 heavy (non-hydrogen) atoms. The molecule has 2 amide bonds. The van der Waals surface area contributed by atoms with Gasteiger partial charge in [-0.15, -0.1) is 0 Å². The first kappa shape index (κ1) is 20.8. The van der Waals surface area contributed by atoms with E-state index in [0.717, 1.165) is 55.0 Å². The third-order valence-corrected chi connectivity index (χ3v) is 7.43. The third-order valence-electron chi connectivity index (χ3n) is 6.54. The number of anilines is 1. The molecule has 0 radical (unpaired) electrons. The quantitative estimate of drug-likeness (QED) is 0.673. The second kappa shape index (κ2) is 9.14. The Morgan fingerprint density at radius 1 is 1.03 bits per heavy atom. The fourth-order valence-electron chi connectivity index (χ4n) is 4.66. The SMILES string of the molecule is Cc1cc(N2CC(C(=O)N3CCN(CCN4CCCC4)CC3)CC2=O)ccc1Br. The second-order valence-electron chi connectivity index (χ2n) is 8.55. The molecule has 7 heteroatoms. The number of rotatable bonds is 5. The monoisotopic (exact) mass is 462 g/mol. The number of benzene rings is 1. The molecule has 0 bridgehead atoms. The molecule has 3 heterocycles.